The fourth-order valence-corrected chi connectivity index (χ4v) is 4.20. The normalized spacial score (nSPS) is 11.2. The Morgan fingerprint density at radius 1 is 0.800 bits per heavy atom. The minimum atomic E-state index is 0.498. The van der Waals surface area contributed by atoms with Crippen molar-refractivity contribution < 1.29 is 4.42 Å². The van der Waals surface area contributed by atoms with Gasteiger partial charge in [-0.25, -0.2) is 0 Å². The van der Waals surface area contributed by atoms with Gasteiger partial charge in [-0.2, -0.15) is 0 Å². The molecule has 150 valence electrons. The summed E-state index contributed by atoms with van der Waals surface area (Å²) in [4.78, 5) is 2.41. The topological polar surface area (TPSA) is 13.1 Å². The highest BCUT2D eigenvalue weighted by molar-refractivity contribution is 7.99. The van der Waals surface area contributed by atoms with Crippen molar-refractivity contribution >= 4 is 33.9 Å². The SMILES string of the molecule is C=C(C)c1ccc(Sc2ccc(C(=C)c3cc4cc(C(C)C)ccc4o3)cc2)cc1. The van der Waals surface area contributed by atoms with Gasteiger partial charge in [0.2, 0.25) is 0 Å². The third kappa shape index (κ3) is 4.29. The van der Waals surface area contributed by atoms with Crippen LogP contribution in [0.3, 0.4) is 0 Å². The molecule has 4 aromatic rings. The van der Waals surface area contributed by atoms with Gasteiger partial charge in [0.25, 0.3) is 0 Å². The second-order valence-electron chi connectivity index (χ2n) is 7.97. The molecule has 1 heterocycles. The molecule has 0 fully saturated rings. The molecule has 0 radical (unpaired) electrons. The van der Waals surface area contributed by atoms with E-state index >= 15 is 0 Å². The maximum atomic E-state index is 6.06. The molecule has 0 N–H and O–H groups in total. The van der Waals surface area contributed by atoms with E-state index < -0.39 is 0 Å². The number of benzene rings is 3. The predicted molar refractivity (Wildman–Crippen MR) is 130 cm³/mol. The largest absolute Gasteiger partial charge is 0.456 e. The monoisotopic (exact) mass is 410 g/mol. The zero-order valence-corrected chi connectivity index (χ0v) is 18.6. The molecule has 3 aromatic carbocycles. The zero-order valence-electron chi connectivity index (χ0n) is 17.7. The summed E-state index contributed by atoms with van der Waals surface area (Å²) in [5.41, 5.74) is 6.46. The third-order valence-corrected chi connectivity index (χ3v) is 6.31. The Morgan fingerprint density at radius 2 is 1.40 bits per heavy atom. The summed E-state index contributed by atoms with van der Waals surface area (Å²) in [7, 11) is 0. The lowest BCUT2D eigenvalue weighted by Crippen LogP contribution is -1.84. The standard InChI is InChI=1S/C28H26OS/c1-18(2)21-6-11-25(12-7-21)30-26-13-8-22(9-14-26)20(5)28-17-24-16-23(19(3)4)10-15-27(24)29-28/h6-17,19H,1,5H2,2-4H3. The first kappa shape index (κ1) is 20.3. The van der Waals surface area contributed by atoms with Gasteiger partial charge < -0.3 is 4.42 Å². The van der Waals surface area contributed by atoms with Crippen molar-refractivity contribution in [3.05, 3.63) is 108 Å². The summed E-state index contributed by atoms with van der Waals surface area (Å²) in [5.74, 6) is 1.32. The molecule has 0 atom stereocenters. The van der Waals surface area contributed by atoms with Crippen LogP contribution in [0.1, 0.15) is 49.1 Å². The van der Waals surface area contributed by atoms with Gasteiger partial charge in [-0.05, 0) is 72.0 Å². The van der Waals surface area contributed by atoms with Crippen LogP contribution >= 0.6 is 11.8 Å². The smallest absolute Gasteiger partial charge is 0.135 e. The molecule has 0 saturated carbocycles. The average molecular weight is 411 g/mol. The van der Waals surface area contributed by atoms with Gasteiger partial charge in [-0.15, -0.1) is 0 Å². The maximum Gasteiger partial charge on any atom is 0.135 e. The van der Waals surface area contributed by atoms with Crippen molar-refractivity contribution in [2.45, 2.75) is 36.5 Å². The molecule has 0 spiro atoms. The molecule has 2 heteroatoms. The Hall–Kier alpha value is -2.97. The lowest BCUT2D eigenvalue weighted by Gasteiger charge is -2.06. The second-order valence-corrected chi connectivity index (χ2v) is 9.12. The number of allylic oxidation sites excluding steroid dienone is 1. The van der Waals surface area contributed by atoms with Crippen molar-refractivity contribution in [2.24, 2.45) is 0 Å². The summed E-state index contributed by atoms with van der Waals surface area (Å²) in [6.45, 7) is 14.7. The first-order valence-electron chi connectivity index (χ1n) is 10.2. The summed E-state index contributed by atoms with van der Waals surface area (Å²) >= 11 is 1.75. The Bertz CT molecular complexity index is 1210. The minimum Gasteiger partial charge on any atom is -0.456 e. The molecule has 1 aromatic heterocycles. The van der Waals surface area contributed by atoms with Crippen LogP contribution in [-0.2, 0) is 0 Å². The van der Waals surface area contributed by atoms with Crippen LogP contribution in [0.4, 0.5) is 0 Å². The Balaban J connectivity index is 1.51. The van der Waals surface area contributed by atoms with Crippen molar-refractivity contribution in [3.63, 3.8) is 0 Å². The molecule has 0 aliphatic carbocycles. The first-order chi connectivity index (χ1) is 14.4. The molecular weight excluding hydrogens is 384 g/mol. The third-order valence-electron chi connectivity index (χ3n) is 5.29. The zero-order chi connectivity index (χ0) is 21.3. The van der Waals surface area contributed by atoms with Gasteiger partial charge in [0.15, 0.2) is 0 Å². The van der Waals surface area contributed by atoms with Gasteiger partial charge >= 0.3 is 0 Å². The minimum absolute atomic E-state index is 0.498. The van der Waals surface area contributed by atoms with Gasteiger partial charge in [0.05, 0.1) is 0 Å². The summed E-state index contributed by atoms with van der Waals surface area (Å²) in [6.07, 6.45) is 0. The Morgan fingerprint density at radius 3 is 1.97 bits per heavy atom. The number of hydrogen-bond donors (Lipinski definition) is 0. The summed E-state index contributed by atoms with van der Waals surface area (Å²) in [5, 5.41) is 1.13. The van der Waals surface area contributed by atoms with E-state index in [2.05, 4.69) is 99.8 Å². The van der Waals surface area contributed by atoms with Crippen LogP contribution in [0.25, 0.3) is 22.1 Å². The highest BCUT2D eigenvalue weighted by Gasteiger charge is 2.11. The molecule has 0 unspecified atom stereocenters. The van der Waals surface area contributed by atoms with Crippen LogP contribution in [0, 0.1) is 0 Å². The summed E-state index contributed by atoms with van der Waals surface area (Å²) < 4.78 is 6.06. The lowest BCUT2D eigenvalue weighted by molar-refractivity contribution is 0.600. The van der Waals surface area contributed by atoms with Crippen LogP contribution in [0.5, 0.6) is 0 Å². The molecule has 0 bridgehead atoms. The molecule has 0 amide bonds. The average Bonchev–Trinajstić information content (AvgIpc) is 3.17. The van der Waals surface area contributed by atoms with Crippen molar-refractivity contribution in [1.82, 2.24) is 0 Å². The molecule has 0 saturated heterocycles. The van der Waals surface area contributed by atoms with Crippen molar-refractivity contribution in [1.29, 1.82) is 0 Å². The first-order valence-corrected chi connectivity index (χ1v) is 11.0. The van der Waals surface area contributed by atoms with Crippen molar-refractivity contribution in [3.8, 4) is 0 Å². The lowest BCUT2D eigenvalue weighted by atomic mass is 10.0. The van der Waals surface area contributed by atoms with Crippen LogP contribution in [0.2, 0.25) is 0 Å². The second kappa shape index (κ2) is 8.41. The molecule has 30 heavy (non-hydrogen) atoms. The van der Waals surface area contributed by atoms with E-state index in [1.54, 1.807) is 11.8 Å². The van der Waals surface area contributed by atoms with E-state index in [0.29, 0.717) is 5.92 Å². The van der Waals surface area contributed by atoms with E-state index in [9.17, 15) is 0 Å². The van der Waals surface area contributed by atoms with Crippen LogP contribution < -0.4 is 0 Å². The Kier molecular flexibility index (Phi) is 5.69. The molecule has 1 nitrogen and oxygen atoms in total. The van der Waals surface area contributed by atoms with Crippen molar-refractivity contribution in [2.75, 3.05) is 0 Å². The van der Waals surface area contributed by atoms with E-state index in [0.717, 1.165) is 33.4 Å². The highest BCUT2D eigenvalue weighted by Crippen LogP contribution is 2.33. The molecule has 4 rings (SSSR count). The van der Waals surface area contributed by atoms with E-state index in [1.807, 2.05) is 6.92 Å². The number of hydrogen-bond acceptors (Lipinski definition) is 2. The maximum absolute atomic E-state index is 6.06. The number of rotatable bonds is 6. The quantitative estimate of drug-likeness (QED) is 0.315. The fraction of sp³-hybridized carbons (Fsp3) is 0.143. The Labute approximate surface area is 183 Å². The van der Waals surface area contributed by atoms with Gasteiger partial charge in [-0.3, -0.25) is 0 Å². The highest BCUT2D eigenvalue weighted by atomic mass is 32.2. The van der Waals surface area contributed by atoms with Crippen LogP contribution in [0.15, 0.2) is 100 Å². The predicted octanol–water partition coefficient (Wildman–Crippen LogP) is 8.80. The fourth-order valence-electron chi connectivity index (χ4n) is 3.38. The van der Waals surface area contributed by atoms with E-state index in [4.69, 9.17) is 4.42 Å². The molecular formula is C28H26OS. The summed E-state index contributed by atoms with van der Waals surface area (Å²) in [6, 6.07) is 25.5. The van der Waals surface area contributed by atoms with Gasteiger partial charge in [0.1, 0.15) is 11.3 Å². The van der Waals surface area contributed by atoms with E-state index in [-0.39, 0.29) is 0 Å². The van der Waals surface area contributed by atoms with Crippen LogP contribution in [-0.4, -0.2) is 0 Å². The molecule has 0 aliphatic rings. The van der Waals surface area contributed by atoms with E-state index in [1.165, 1.54) is 20.9 Å². The number of furan rings is 1. The van der Waals surface area contributed by atoms with Gasteiger partial charge in [-0.1, -0.05) is 74.7 Å². The number of fused-ring (bicyclic) bond motifs is 1. The van der Waals surface area contributed by atoms with Gasteiger partial charge in [0, 0.05) is 20.8 Å². The molecule has 0 aliphatic heterocycles.